The van der Waals surface area contributed by atoms with Gasteiger partial charge in [-0.2, -0.15) is 0 Å². The fraction of sp³-hybridized carbons (Fsp3) is 0.357. The van der Waals surface area contributed by atoms with Crippen molar-refractivity contribution < 1.29 is 4.79 Å². The number of nitrogens with zero attached hydrogens (tertiary/aromatic N) is 1. The molecule has 1 aliphatic heterocycles. The second-order valence-electron chi connectivity index (χ2n) is 4.78. The van der Waals surface area contributed by atoms with Crippen LogP contribution in [0.4, 0.5) is 0 Å². The van der Waals surface area contributed by atoms with Gasteiger partial charge in [0.05, 0.1) is 0 Å². The van der Waals surface area contributed by atoms with Crippen LogP contribution < -0.4 is 5.32 Å². The summed E-state index contributed by atoms with van der Waals surface area (Å²) in [7, 11) is 0. The molecule has 102 valence electrons. The van der Waals surface area contributed by atoms with E-state index < -0.39 is 0 Å². The summed E-state index contributed by atoms with van der Waals surface area (Å²) in [5, 5.41) is 6.57. The summed E-state index contributed by atoms with van der Waals surface area (Å²) in [4.78, 5) is 14.4. The van der Waals surface area contributed by atoms with E-state index in [4.69, 9.17) is 0 Å². The number of benzene rings is 1. The van der Waals surface area contributed by atoms with Gasteiger partial charge in [0.2, 0.25) is 0 Å². The lowest BCUT2D eigenvalue weighted by Gasteiger charge is -2.32. The highest BCUT2D eigenvalue weighted by atomic mass is 35.5. The molecular weight excluding hydrogens is 280 g/mol. The van der Waals surface area contributed by atoms with E-state index in [0.717, 1.165) is 30.6 Å². The van der Waals surface area contributed by atoms with Crippen molar-refractivity contribution in [3.8, 4) is 0 Å². The molecule has 1 unspecified atom stereocenters. The van der Waals surface area contributed by atoms with Gasteiger partial charge in [0.25, 0.3) is 5.91 Å². The summed E-state index contributed by atoms with van der Waals surface area (Å²) in [6, 6.07) is 8.43. The minimum atomic E-state index is 0. The van der Waals surface area contributed by atoms with E-state index in [-0.39, 0.29) is 18.3 Å². The van der Waals surface area contributed by atoms with Gasteiger partial charge in [-0.05, 0) is 42.0 Å². The minimum Gasteiger partial charge on any atom is -0.336 e. The van der Waals surface area contributed by atoms with Gasteiger partial charge in [0, 0.05) is 35.9 Å². The zero-order valence-corrected chi connectivity index (χ0v) is 12.4. The van der Waals surface area contributed by atoms with Crippen LogP contribution in [0.3, 0.4) is 0 Å². The summed E-state index contributed by atoms with van der Waals surface area (Å²) in [5.41, 5.74) is 0.801. The Morgan fingerprint density at radius 2 is 2.26 bits per heavy atom. The van der Waals surface area contributed by atoms with E-state index >= 15 is 0 Å². The summed E-state index contributed by atoms with van der Waals surface area (Å²) in [6.07, 6.45) is 0. The molecule has 1 atom stereocenters. The van der Waals surface area contributed by atoms with E-state index in [1.54, 1.807) is 11.3 Å². The molecule has 2 heterocycles. The van der Waals surface area contributed by atoms with Gasteiger partial charge in [0.1, 0.15) is 0 Å². The van der Waals surface area contributed by atoms with Crippen molar-refractivity contribution >= 4 is 39.7 Å². The van der Waals surface area contributed by atoms with Crippen molar-refractivity contribution in [2.75, 3.05) is 19.6 Å². The molecule has 0 radical (unpaired) electrons. The number of carbonyl (C=O) groups excluding carboxylic acids is 1. The molecule has 1 amide bonds. The normalized spacial score (nSPS) is 19.2. The van der Waals surface area contributed by atoms with E-state index in [0.29, 0.717) is 6.04 Å². The number of hydrogen-bond acceptors (Lipinski definition) is 3. The molecule has 3 rings (SSSR count). The second-order valence-corrected chi connectivity index (χ2v) is 5.73. The lowest BCUT2D eigenvalue weighted by Crippen LogP contribution is -2.51. The van der Waals surface area contributed by atoms with Gasteiger partial charge in [-0.15, -0.1) is 23.7 Å². The minimum absolute atomic E-state index is 0. The molecule has 3 nitrogen and oxygen atoms in total. The van der Waals surface area contributed by atoms with Crippen LogP contribution in [0, 0.1) is 0 Å². The first-order valence-corrected chi connectivity index (χ1v) is 7.12. The first-order valence-electron chi connectivity index (χ1n) is 6.24. The van der Waals surface area contributed by atoms with Crippen LogP contribution in [-0.2, 0) is 0 Å². The molecule has 1 aromatic heterocycles. The fourth-order valence-corrected chi connectivity index (χ4v) is 3.17. The van der Waals surface area contributed by atoms with Crippen molar-refractivity contribution in [1.29, 1.82) is 0 Å². The Hall–Kier alpha value is -1.10. The molecule has 0 aliphatic carbocycles. The van der Waals surface area contributed by atoms with Crippen LogP contribution >= 0.6 is 23.7 Å². The molecule has 1 aromatic carbocycles. The average molecular weight is 297 g/mol. The first-order chi connectivity index (χ1) is 8.74. The van der Waals surface area contributed by atoms with Crippen molar-refractivity contribution in [3.05, 3.63) is 35.2 Å². The smallest absolute Gasteiger partial charge is 0.253 e. The molecule has 0 saturated carbocycles. The van der Waals surface area contributed by atoms with Crippen molar-refractivity contribution in [1.82, 2.24) is 10.2 Å². The molecule has 1 N–H and O–H groups in total. The highest BCUT2D eigenvalue weighted by Crippen LogP contribution is 2.22. The van der Waals surface area contributed by atoms with Crippen molar-refractivity contribution in [3.63, 3.8) is 0 Å². The Bertz CT molecular complexity index is 584. The Balaban J connectivity index is 0.00000133. The number of piperazine rings is 1. The number of hydrogen-bond donors (Lipinski definition) is 1. The maximum atomic E-state index is 12.4. The summed E-state index contributed by atoms with van der Waals surface area (Å²) >= 11 is 1.71. The predicted molar refractivity (Wildman–Crippen MR) is 82.4 cm³/mol. The van der Waals surface area contributed by atoms with Crippen LogP contribution in [0.25, 0.3) is 10.1 Å². The molecule has 2 aromatic rings. The largest absolute Gasteiger partial charge is 0.336 e. The summed E-state index contributed by atoms with van der Waals surface area (Å²) in [6.45, 7) is 4.58. The van der Waals surface area contributed by atoms with E-state index in [1.165, 1.54) is 4.70 Å². The maximum absolute atomic E-state index is 12.4. The maximum Gasteiger partial charge on any atom is 0.253 e. The Morgan fingerprint density at radius 1 is 1.42 bits per heavy atom. The molecule has 1 saturated heterocycles. The van der Waals surface area contributed by atoms with Gasteiger partial charge in [-0.3, -0.25) is 4.79 Å². The quantitative estimate of drug-likeness (QED) is 0.877. The van der Waals surface area contributed by atoms with Crippen molar-refractivity contribution in [2.24, 2.45) is 0 Å². The number of rotatable bonds is 1. The number of carbonyl (C=O) groups is 1. The lowest BCUT2D eigenvalue weighted by atomic mass is 10.1. The second kappa shape index (κ2) is 5.90. The zero-order chi connectivity index (χ0) is 12.5. The summed E-state index contributed by atoms with van der Waals surface area (Å²) in [5.74, 6) is 0.149. The SMILES string of the molecule is CC1CN(C(=O)c2ccc3sccc3c2)CCN1.Cl. The number of fused-ring (bicyclic) bond motifs is 1. The molecule has 1 fully saturated rings. The highest BCUT2D eigenvalue weighted by Gasteiger charge is 2.21. The lowest BCUT2D eigenvalue weighted by molar-refractivity contribution is 0.0709. The Labute approximate surface area is 123 Å². The first kappa shape index (κ1) is 14.3. The van der Waals surface area contributed by atoms with Gasteiger partial charge < -0.3 is 10.2 Å². The van der Waals surface area contributed by atoms with E-state index in [1.807, 2.05) is 23.1 Å². The molecular formula is C14H17ClN2OS. The number of halogens is 1. The van der Waals surface area contributed by atoms with Crippen LogP contribution in [0.1, 0.15) is 17.3 Å². The molecule has 5 heteroatoms. The standard InChI is InChI=1S/C14H16N2OS.ClH/c1-10-9-16(6-5-15-10)14(17)12-2-3-13-11(8-12)4-7-18-13;/h2-4,7-8,10,15H,5-6,9H2,1H3;1H. The average Bonchev–Trinajstić information content (AvgIpc) is 2.85. The molecule has 0 spiro atoms. The number of nitrogens with one attached hydrogen (secondary N) is 1. The monoisotopic (exact) mass is 296 g/mol. The van der Waals surface area contributed by atoms with Crippen molar-refractivity contribution in [2.45, 2.75) is 13.0 Å². The number of amides is 1. The van der Waals surface area contributed by atoms with E-state index in [9.17, 15) is 4.79 Å². The molecule has 1 aliphatic rings. The topological polar surface area (TPSA) is 32.3 Å². The van der Waals surface area contributed by atoms with Crippen LogP contribution in [0.2, 0.25) is 0 Å². The van der Waals surface area contributed by atoms with Gasteiger partial charge in [-0.1, -0.05) is 0 Å². The summed E-state index contributed by atoms with van der Waals surface area (Å²) < 4.78 is 1.24. The Kier molecular flexibility index (Phi) is 4.45. The molecule has 0 bridgehead atoms. The van der Waals surface area contributed by atoms with Crippen LogP contribution in [0.5, 0.6) is 0 Å². The predicted octanol–water partition coefficient (Wildman–Crippen LogP) is 2.76. The third kappa shape index (κ3) is 2.91. The molecule has 19 heavy (non-hydrogen) atoms. The van der Waals surface area contributed by atoms with Gasteiger partial charge in [0.15, 0.2) is 0 Å². The van der Waals surface area contributed by atoms with Gasteiger partial charge >= 0.3 is 0 Å². The zero-order valence-electron chi connectivity index (χ0n) is 10.8. The number of thiophene rings is 1. The third-order valence-electron chi connectivity index (χ3n) is 3.36. The third-order valence-corrected chi connectivity index (χ3v) is 4.25. The van der Waals surface area contributed by atoms with E-state index in [2.05, 4.69) is 23.7 Å². The van der Waals surface area contributed by atoms with Crippen LogP contribution in [-0.4, -0.2) is 36.5 Å². The highest BCUT2D eigenvalue weighted by molar-refractivity contribution is 7.17. The Morgan fingerprint density at radius 3 is 3.05 bits per heavy atom. The van der Waals surface area contributed by atoms with Gasteiger partial charge in [-0.25, -0.2) is 0 Å². The van der Waals surface area contributed by atoms with Crippen LogP contribution in [0.15, 0.2) is 29.6 Å². The fourth-order valence-electron chi connectivity index (χ4n) is 2.40.